The van der Waals surface area contributed by atoms with Crippen LogP contribution >= 0.6 is 0 Å². The van der Waals surface area contributed by atoms with Crippen molar-refractivity contribution in [3.63, 3.8) is 0 Å². The number of Topliss-reactive ketones (excluding diaryl/α,β-unsaturated/α-hetero) is 2. The normalized spacial score (nSPS) is 11.7. The Labute approximate surface area is 207 Å². The van der Waals surface area contributed by atoms with Crippen LogP contribution in [0.15, 0.2) is 0 Å². The van der Waals surface area contributed by atoms with Gasteiger partial charge in [-0.1, -0.05) is 0 Å². The number of ketones is 2. The van der Waals surface area contributed by atoms with Crippen molar-refractivity contribution in [3.8, 4) is 0 Å². The van der Waals surface area contributed by atoms with E-state index in [9.17, 15) is 19.2 Å². The van der Waals surface area contributed by atoms with Gasteiger partial charge in [0.1, 0.15) is 19.8 Å². The van der Waals surface area contributed by atoms with Crippen LogP contribution < -0.4 is 16.0 Å². The lowest BCUT2D eigenvalue weighted by molar-refractivity contribution is -0.127. The Morgan fingerprint density at radius 3 is 2.09 bits per heavy atom. The number of hydrogen-bond donors (Lipinski definition) is 4. The minimum atomic E-state index is -0.475. The molecule has 4 N–H and O–H groups in total. The maximum atomic E-state index is 11.7. The summed E-state index contributed by atoms with van der Waals surface area (Å²) in [7, 11) is 1.68. The maximum Gasteiger partial charge on any atom is 0.245 e. The molecule has 0 aromatic carbocycles. The Bertz CT molecular complexity index is 591. The predicted octanol–water partition coefficient (Wildman–Crippen LogP) is -1.03. The van der Waals surface area contributed by atoms with Gasteiger partial charge in [0.2, 0.25) is 11.8 Å². The second-order valence-electron chi connectivity index (χ2n) is 7.77. The van der Waals surface area contributed by atoms with Gasteiger partial charge in [0, 0.05) is 33.0 Å². The number of carbonyl (C=O) groups is 4. The van der Waals surface area contributed by atoms with Crippen molar-refractivity contribution in [2.75, 3.05) is 79.6 Å². The SMILES string of the molecule is CN[C@@H](CCCCNC(=O)COCCOCCCC(=O)COCCOCCNC(C)=O)C(=O)CO. The molecule has 35 heavy (non-hydrogen) atoms. The number of rotatable bonds is 25. The molecule has 0 saturated heterocycles. The molecule has 12 nitrogen and oxygen atoms in total. The van der Waals surface area contributed by atoms with E-state index in [0.717, 1.165) is 12.8 Å². The Morgan fingerprint density at radius 2 is 1.43 bits per heavy atom. The molecule has 0 heterocycles. The number of carbonyl (C=O) groups excluding carboxylic acids is 4. The van der Waals surface area contributed by atoms with Crippen molar-refractivity contribution in [3.05, 3.63) is 0 Å². The highest BCUT2D eigenvalue weighted by Crippen LogP contribution is 2.01. The lowest BCUT2D eigenvalue weighted by atomic mass is 10.1. The molecule has 12 heteroatoms. The van der Waals surface area contributed by atoms with Crippen LogP contribution in [0.3, 0.4) is 0 Å². The molecular weight excluding hydrogens is 462 g/mol. The fourth-order valence-electron chi connectivity index (χ4n) is 2.86. The molecule has 0 saturated carbocycles. The number of hydrogen-bond acceptors (Lipinski definition) is 10. The molecule has 0 aromatic heterocycles. The summed E-state index contributed by atoms with van der Waals surface area (Å²) in [5.41, 5.74) is 0. The van der Waals surface area contributed by atoms with Gasteiger partial charge in [-0.05, 0) is 32.7 Å². The average Bonchev–Trinajstić information content (AvgIpc) is 2.83. The second kappa shape index (κ2) is 23.8. The first-order valence-electron chi connectivity index (χ1n) is 12.0. The van der Waals surface area contributed by atoms with Crippen molar-refractivity contribution >= 4 is 23.4 Å². The van der Waals surface area contributed by atoms with E-state index in [2.05, 4.69) is 16.0 Å². The predicted molar refractivity (Wildman–Crippen MR) is 128 cm³/mol. The zero-order chi connectivity index (χ0) is 26.2. The van der Waals surface area contributed by atoms with E-state index < -0.39 is 6.61 Å². The summed E-state index contributed by atoms with van der Waals surface area (Å²) in [6, 6.07) is -0.357. The third-order valence-electron chi connectivity index (χ3n) is 4.74. The highest BCUT2D eigenvalue weighted by Gasteiger charge is 2.14. The topological polar surface area (TPSA) is 162 Å². The van der Waals surface area contributed by atoms with E-state index >= 15 is 0 Å². The number of aliphatic hydroxyl groups is 1. The number of nitrogens with one attached hydrogen (secondary N) is 3. The summed E-state index contributed by atoms with van der Waals surface area (Å²) < 4.78 is 21.1. The number of aliphatic hydroxyl groups excluding tert-OH is 1. The first-order valence-corrected chi connectivity index (χ1v) is 12.0. The van der Waals surface area contributed by atoms with E-state index in [4.69, 9.17) is 24.1 Å². The monoisotopic (exact) mass is 505 g/mol. The molecule has 0 unspecified atom stereocenters. The van der Waals surface area contributed by atoms with Crippen LogP contribution in [0.1, 0.15) is 39.0 Å². The lowest BCUT2D eigenvalue weighted by Crippen LogP contribution is -2.36. The first-order chi connectivity index (χ1) is 16.9. The summed E-state index contributed by atoms with van der Waals surface area (Å²) in [6.07, 6.45) is 3.01. The van der Waals surface area contributed by atoms with Crippen molar-refractivity contribution < 1.29 is 43.2 Å². The number of amides is 2. The van der Waals surface area contributed by atoms with Gasteiger partial charge in [-0.15, -0.1) is 0 Å². The molecular formula is C23H43N3O9. The quantitative estimate of drug-likeness (QED) is 0.113. The highest BCUT2D eigenvalue weighted by atomic mass is 16.5. The van der Waals surface area contributed by atoms with Crippen molar-refractivity contribution in [1.82, 2.24) is 16.0 Å². The number of unbranched alkanes of at least 4 members (excludes halogenated alkanes) is 1. The lowest BCUT2D eigenvalue weighted by Gasteiger charge is -2.13. The van der Waals surface area contributed by atoms with Crippen LogP contribution in [0.25, 0.3) is 0 Å². The molecule has 204 valence electrons. The molecule has 1 atom stereocenters. The Morgan fingerprint density at radius 1 is 0.771 bits per heavy atom. The van der Waals surface area contributed by atoms with Crippen molar-refractivity contribution in [1.29, 1.82) is 0 Å². The van der Waals surface area contributed by atoms with Crippen LogP contribution in [0, 0.1) is 0 Å². The molecule has 0 aliphatic heterocycles. The molecule has 0 bridgehead atoms. The third kappa shape index (κ3) is 22.3. The molecule has 0 spiro atoms. The van der Waals surface area contributed by atoms with Gasteiger partial charge in [-0.25, -0.2) is 0 Å². The Balaban J connectivity index is 3.41. The highest BCUT2D eigenvalue weighted by molar-refractivity contribution is 5.84. The Hall–Kier alpha value is -1.96. The molecule has 0 rings (SSSR count). The minimum absolute atomic E-state index is 0.0127. The van der Waals surface area contributed by atoms with Gasteiger partial charge in [-0.2, -0.15) is 0 Å². The molecule has 2 amide bonds. The number of ether oxygens (including phenoxy) is 4. The van der Waals surface area contributed by atoms with Gasteiger partial charge in [-0.3, -0.25) is 19.2 Å². The summed E-state index contributed by atoms with van der Waals surface area (Å²) in [6.45, 7) is 3.98. The number of likely N-dealkylation sites (N-methyl/N-ethyl adjacent to an activating group) is 1. The molecule has 0 aliphatic carbocycles. The van der Waals surface area contributed by atoms with Crippen LogP contribution in [0.2, 0.25) is 0 Å². The van der Waals surface area contributed by atoms with Crippen LogP contribution in [-0.4, -0.2) is 114 Å². The molecule has 0 aliphatic rings. The average molecular weight is 506 g/mol. The molecule has 0 aromatic rings. The zero-order valence-electron chi connectivity index (χ0n) is 21.1. The van der Waals surface area contributed by atoms with Gasteiger partial charge in [0.15, 0.2) is 11.6 Å². The summed E-state index contributed by atoms with van der Waals surface area (Å²) in [4.78, 5) is 45.5. The van der Waals surface area contributed by atoms with Crippen LogP contribution in [-0.2, 0) is 38.1 Å². The Kier molecular flexibility index (Phi) is 22.4. The maximum absolute atomic E-state index is 11.7. The van der Waals surface area contributed by atoms with E-state index in [0.29, 0.717) is 65.4 Å². The fourth-order valence-corrected chi connectivity index (χ4v) is 2.86. The van der Waals surface area contributed by atoms with Gasteiger partial charge in [0.05, 0.1) is 39.1 Å². The molecule has 0 radical (unpaired) electrons. The van der Waals surface area contributed by atoms with Crippen LogP contribution in [0.5, 0.6) is 0 Å². The minimum Gasteiger partial charge on any atom is -0.389 e. The summed E-state index contributed by atoms with van der Waals surface area (Å²) in [5.74, 6) is -0.568. The van der Waals surface area contributed by atoms with Crippen LogP contribution in [0.4, 0.5) is 0 Å². The van der Waals surface area contributed by atoms with Gasteiger partial charge in [0.25, 0.3) is 0 Å². The molecule has 0 fully saturated rings. The van der Waals surface area contributed by atoms with Crippen molar-refractivity contribution in [2.45, 2.75) is 45.1 Å². The van der Waals surface area contributed by atoms with E-state index in [1.165, 1.54) is 6.92 Å². The second-order valence-corrected chi connectivity index (χ2v) is 7.77. The zero-order valence-corrected chi connectivity index (χ0v) is 21.1. The van der Waals surface area contributed by atoms with E-state index in [1.807, 2.05) is 0 Å². The third-order valence-corrected chi connectivity index (χ3v) is 4.74. The standard InChI is InChI=1S/C23H43N3O9/c1-19(28)25-9-11-33-13-14-34-17-20(29)6-5-10-32-12-15-35-18-23(31)26-8-4-3-7-21(24-2)22(30)16-27/h21,24,27H,3-18H2,1-2H3,(H,25,28)(H,26,31)/t21-/m0/s1. The van der Waals surface area contributed by atoms with Gasteiger partial charge >= 0.3 is 0 Å². The van der Waals surface area contributed by atoms with Crippen molar-refractivity contribution in [2.24, 2.45) is 0 Å². The van der Waals surface area contributed by atoms with E-state index in [-0.39, 0.29) is 49.2 Å². The van der Waals surface area contributed by atoms with Gasteiger partial charge < -0.3 is 40.0 Å². The summed E-state index contributed by atoms with van der Waals surface area (Å²) in [5, 5.41) is 17.1. The largest absolute Gasteiger partial charge is 0.389 e. The fraction of sp³-hybridized carbons (Fsp3) is 0.826. The summed E-state index contributed by atoms with van der Waals surface area (Å²) >= 11 is 0. The first kappa shape index (κ1) is 33.0. The smallest absolute Gasteiger partial charge is 0.245 e. The van der Waals surface area contributed by atoms with E-state index in [1.54, 1.807) is 7.05 Å².